The minimum absolute atomic E-state index is 0.261. The van der Waals surface area contributed by atoms with Gasteiger partial charge in [0.15, 0.2) is 0 Å². The van der Waals surface area contributed by atoms with E-state index < -0.39 is 0 Å². The molecule has 2 heterocycles. The standard InChI is InChI=1S/C13H18N2S2/c1-2-3-4-5-11(15-14)13-8-10-9-16-7-6-12(10)17-13/h8,11,15H,4-7,9,14H2,1H3. The summed E-state index contributed by atoms with van der Waals surface area (Å²) in [6, 6.07) is 2.59. The van der Waals surface area contributed by atoms with Gasteiger partial charge in [-0.05, 0) is 37.1 Å². The van der Waals surface area contributed by atoms with Gasteiger partial charge in [0.1, 0.15) is 0 Å². The van der Waals surface area contributed by atoms with E-state index in [0.717, 1.165) is 18.6 Å². The van der Waals surface area contributed by atoms with E-state index in [0.29, 0.717) is 0 Å². The molecule has 1 atom stereocenters. The average molecular weight is 266 g/mol. The summed E-state index contributed by atoms with van der Waals surface area (Å²) < 4.78 is 0. The van der Waals surface area contributed by atoms with Crippen LogP contribution in [0, 0.1) is 11.8 Å². The van der Waals surface area contributed by atoms with Gasteiger partial charge in [-0.3, -0.25) is 11.3 Å². The number of aryl methyl sites for hydroxylation is 1. The van der Waals surface area contributed by atoms with Gasteiger partial charge in [0, 0.05) is 21.9 Å². The lowest BCUT2D eigenvalue weighted by Crippen LogP contribution is -2.27. The molecule has 0 radical (unpaired) electrons. The molecular weight excluding hydrogens is 248 g/mol. The number of hydrogen-bond acceptors (Lipinski definition) is 4. The predicted molar refractivity (Wildman–Crippen MR) is 76.9 cm³/mol. The largest absolute Gasteiger partial charge is 0.271 e. The number of fused-ring (bicyclic) bond motifs is 1. The Kier molecular flexibility index (Phi) is 4.93. The molecule has 0 saturated heterocycles. The van der Waals surface area contributed by atoms with Gasteiger partial charge in [0.25, 0.3) is 0 Å². The highest BCUT2D eigenvalue weighted by molar-refractivity contribution is 7.98. The maximum absolute atomic E-state index is 5.65. The third-order valence-corrected chi connectivity index (χ3v) is 5.28. The number of thiophene rings is 1. The van der Waals surface area contributed by atoms with Crippen LogP contribution in [0.4, 0.5) is 0 Å². The molecule has 1 aliphatic rings. The first-order valence-electron chi connectivity index (χ1n) is 5.90. The fourth-order valence-electron chi connectivity index (χ4n) is 1.99. The molecule has 92 valence electrons. The number of thioether (sulfide) groups is 1. The molecule has 0 bridgehead atoms. The smallest absolute Gasteiger partial charge is 0.0562 e. The lowest BCUT2D eigenvalue weighted by molar-refractivity contribution is 0.531. The van der Waals surface area contributed by atoms with E-state index in [2.05, 4.69) is 23.3 Å². The summed E-state index contributed by atoms with van der Waals surface area (Å²) in [4.78, 5) is 2.93. The second-order valence-corrected chi connectivity index (χ2v) is 6.36. The molecule has 0 aliphatic carbocycles. The molecule has 3 N–H and O–H groups in total. The highest BCUT2D eigenvalue weighted by Gasteiger charge is 2.18. The van der Waals surface area contributed by atoms with E-state index >= 15 is 0 Å². The van der Waals surface area contributed by atoms with Crippen LogP contribution in [0.1, 0.15) is 41.1 Å². The van der Waals surface area contributed by atoms with Crippen molar-refractivity contribution in [3.8, 4) is 11.8 Å². The SMILES string of the molecule is CC#CCCC(NN)c1cc2c(s1)CCSC2. The van der Waals surface area contributed by atoms with Crippen LogP contribution >= 0.6 is 23.1 Å². The lowest BCUT2D eigenvalue weighted by Gasteiger charge is -2.11. The van der Waals surface area contributed by atoms with Gasteiger partial charge in [-0.25, -0.2) is 0 Å². The van der Waals surface area contributed by atoms with E-state index in [1.54, 1.807) is 4.88 Å². The molecule has 1 aliphatic heterocycles. The first-order valence-corrected chi connectivity index (χ1v) is 7.87. The topological polar surface area (TPSA) is 38.0 Å². The average Bonchev–Trinajstić information content (AvgIpc) is 2.78. The Hall–Kier alpha value is -0.470. The van der Waals surface area contributed by atoms with Crippen molar-refractivity contribution in [1.82, 2.24) is 5.43 Å². The van der Waals surface area contributed by atoms with Gasteiger partial charge >= 0.3 is 0 Å². The van der Waals surface area contributed by atoms with Gasteiger partial charge in [-0.2, -0.15) is 11.8 Å². The van der Waals surface area contributed by atoms with Crippen LogP contribution < -0.4 is 11.3 Å². The first kappa shape index (κ1) is 13.0. The van der Waals surface area contributed by atoms with Crippen LogP contribution in [-0.4, -0.2) is 5.75 Å². The molecule has 1 aromatic heterocycles. The van der Waals surface area contributed by atoms with E-state index in [4.69, 9.17) is 5.84 Å². The Morgan fingerprint density at radius 2 is 2.47 bits per heavy atom. The highest BCUT2D eigenvalue weighted by atomic mass is 32.2. The summed E-state index contributed by atoms with van der Waals surface area (Å²) in [5.41, 5.74) is 4.44. The van der Waals surface area contributed by atoms with Crippen molar-refractivity contribution in [2.45, 2.75) is 38.0 Å². The minimum atomic E-state index is 0.261. The van der Waals surface area contributed by atoms with Crippen LogP contribution in [0.15, 0.2) is 6.07 Å². The predicted octanol–water partition coefficient (Wildman–Crippen LogP) is 2.85. The van der Waals surface area contributed by atoms with Gasteiger partial charge in [0.2, 0.25) is 0 Å². The lowest BCUT2D eigenvalue weighted by atomic mass is 10.1. The zero-order valence-electron chi connectivity index (χ0n) is 10.1. The van der Waals surface area contributed by atoms with E-state index in [1.807, 2.05) is 30.0 Å². The van der Waals surface area contributed by atoms with Gasteiger partial charge in [-0.1, -0.05) is 0 Å². The Morgan fingerprint density at radius 1 is 1.59 bits per heavy atom. The zero-order valence-corrected chi connectivity index (χ0v) is 11.7. The van der Waals surface area contributed by atoms with Gasteiger partial charge in [0.05, 0.1) is 6.04 Å². The fourth-order valence-corrected chi connectivity index (χ4v) is 4.46. The molecule has 0 saturated carbocycles. The molecular formula is C13H18N2S2. The molecule has 2 rings (SSSR count). The van der Waals surface area contributed by atoms with Gasteiger partial charge < -0.3 is 0 Å². The summed E-state index contributed by atoms with van der Waals surface area (Å²) in [5.74, 6) is 14.1. The Balaban J connectivity index is 2.07. The summed E-state index contributed by atoms with van der Waals surface area (Å²) in [5, 5.41) is 0. The molecule has 0 aromatic carbocycles. The van der Waals surface area contributed by atoms with Crippen molar-refractivity contribution in [3.05, 3.63) is 21.4 Å². The third kappa shape index (κ3) is 3.26. The number of nitrogens with two attached hydrogens (primary N) is 1. The zero-order chi connectivity index (χ0) is 12.1. The second kappa shape index (κ2) is 6.46. The summed E-state index contributed by atoms with van der Waals surface area (Å²) in [6.45, 7) is 1.88. The molecule has 0 spiro atoms. The number of nitrogens with one attached hydrogen (secondary N) is 1. The van der Waals surface area contributed by atoms with Crippen LogP contribution in [0.2, 0.25) is 0 Å². The maximum atomic E-state index is 5.65. The van der Waals surface area contributed by atoms with Crippen molar-refractivity contribution in [2.75, 3.05) is 5.75 Å². The monoisotopic (exact) mass is 266 g/mol. The third-order valence-electron chi connectivity index (χ3n) is 2.93. The molecule has 1 aromatic rings. The maximum Gasteiger partial charge on any atom is 0.0562 e. The van der Waals surface area contributed by atoms with Crippen LogP contribution in [0.5, 0.6) is 0 Å². The van der Waals surface area contributed by atoms with E-state index in [-0.39, 0.29) is 6.04 Å². The summed E-state index contributed by atoms with van der Waals surface area (Å²) >= 11 is 3.95. The van der Waals surface area contributed by atoms with Crippen molar-refractivity contribution in [2.24, 2.45) is 5.84 Å². The van der Waals surface area contributed by atoms with Crippen LogP contribution in [0.25, 0.3) is 0 Å². The van der Waals surface area contributed by atoms with Crippen molar-refractivity contribution in [1.29, 1.82) is 0 Å². The summed E-state index contributed by atoms with van der Waals surface area (Å²) in [7, 11) is 0. The highest BCUT2D eigenvalue weighted by Crippen LogP contribution is 2.35. The first-order chi connectivity index (χ1) is 8.35. The Labute approximate surface area is 111 Å². The minimum Gasteiger partial charge on any atom is -0.271 e. The van der Waals surface area contributed by atoms with E-state index in [9.17, 15) is 0 Å². The van der Waals surface area contributed by atoms with Crippen molar-refractivity contribution >= 4 is 23.1 Å². The second-order valence-electron chi connectivity index (χ2n) is 4.08. The van der Waals surface area contributed by atoms with Gasteiger partial charge in [-0.15, -0.1) is 23.2 Å². The Morgan fingerprint density at radius 3 is 3.18 bits per heavy atom. The number of hydrazine groups is 1. The molecule has 17 heavy (non-hydrogen) atoms. The number of rotatable bonds is 4. The van der Waals surface area contributed by atoms with Crippen molar-refractivity contribution in [3.63, 3.8) is 0 Å². The summed E-state index contributed by atoms with van der Waals surface area (Å²) in [6.07, 6.45) is 3.11. The van der Waals surface area contributed by atoms with Crippen LogP contribution in [0.3, 0.4) is 0 Å². The quantitative estimate of drug-likeness (QED) is 0.500. The Bertz CT molecular complexity index is 405. The van der Waals surface area contributed by atoms with Crippen molar-refractivity contribution < 1.29 is 0 Å². The normalized spacial score (nSPS) is 15.9. The molecule has 1 unspecified atom stereocenters. The van der Waals surface area contributed by atoms with Crippen LogP contribution in [-0.2, 0) is 12.2 Å². The van der Waals surface area contributed by atoms with E-state index in [1.165, 1.54) is 22.6 Å². The molecule has 2 nitrogen and oxygen atoms in total. The number of hydrogen-bond donors (Lipinski definition) is 2. The fraction of sp³-hybridized carbons (Fsp3) is 0.538. The molecule has 0 fully saturated rings. The molecule has 4 heteroatoms. The molecule has 0 amide bonds.